The number of carbonyl (C=O) groups is 1. The Morgan fingerprint density at radius 2 is 2.14 bits per heavy atom. The van der Waals surface area contributed by atoms with Gasteiger partial charge >= 0.3 is 0 Å². The molecule has 2 N–H and O–H groups in total. The molecule has 2 heterocycles. The van der Waals surface area contributed by atoms with Crippen molar-refractivity contribution in [3.8, 4) is 0 Å². The van der Waals surface area contributed by atoms with E-state index in [2.05, 4.69) is 4.99 Å². The molecular formula is C20H18F3N3O3. The molecule has 2 aromatic rings. The van der Waals surface area contributed by atoms with Gasteiger partial charge in [-0.1, -0.05) is 6.07 Å². The Morgan fingerprint density at radius 1 is 1.38 bits per heavy atom. The number of hydrogen-bond donors (Lipinski definition) is 1. The van der Waals surface area contributed by atoms with E-state index >= 15 is 0 Å². The smallest absolute Gasteiger partial charge is 0.283 e. The Kier molecular flexibility index (Phi) is 4.48. The van der Waals surface area contributed by atoms with Crippen molar-refractivity contribution in [2.24, 2.45) is 23.7 Å². The summed E-state index contributed by atoms with van der Waals surface area (Å²) in [7, 11) is 1.51. The first-order valence-electron chi connectivity index (χ1n) is 9.01. The first kappa shape index (κ1) is 19.2. The Morgan fingerprint density at radius 3 is 2.83 bits per heavy atom. The van der Waals surface area contributed by atoms with Crippen LogP contribution in [0.2, 0.25) is 0 Å². The van der Waals surface area contributed by atoms with Crippen LogP contribution in [-0.2, 0) is 23.7 Å². The Balaban J connectivity index is 1.71. The Labute approximate surface area is 163 Å². The van der Waals surface area contributed by atoms with Crippen molar-refractivity contribution in [3.05, 3.63) is 69.4 Å². The predicted molar refractivity (Wildman–Crippen MR) is 98.4 cm³/mol. The SMILES string of the molecule is Cn1cc(C(=O)Cc2ccc(F)c([C@@]3(C(F)F)N=C(N)O[C@@H]4C[C@@H]43)c2)ccc1=O. The zero-order chi connectivity index (χ0) is 20.9. The highest BCUT2D eigenvalue weighted by molar-refractivity contribution is 5.97. The predicted octanol–water partition coefficient (Wildman–Crippen LogP) is 2.14. The van der Waals surface area contributed by atoms with Crippen molar-refractivity contribution in [2.75, 3.05) is 0 Å². The summed E-state index contributed by atoms with van der Waals surface area (Å²) in [5.74, 6) is -1.85. The third-order valence-corrected chi connectivity index (χ3v) is 5.43. The maximum absolute atomic E-state index is 14.6. The van der Waals surface area contributed by atoms with Gasteiger partial charge in [0.1, 0.15) is 11.9 Å². The summed E-state index contributed by atoms with van der Waals surface area (Å²) in [5, 5.41) is 0. The zero-order valence-corrected chi connectivity index (χ0v) is 15.4. The van der Waals surface area contributed by atoms with Crippen LogP contribution in [0.15, 0.2) is 46.3 Å². The summed E-state index contributed by atoms with van der Waals surface area (Å²) in [5.41, 5.74) is 3.52. The Bertz CT molecular complexity index is 1080. The summed E-state index contributed by atoms with van der Waals surface area (Å²) in [6.45, 7) is 0. The summed E-state index contributed by atoms with van der Waals surface area (Å²) in [4.78, 5) is 27.9. The van der Waals surface area contributed by atoms with Crippen molar-refractivity contribution in [3.63, 3.8) is 0 Å². The molecule has 0 spiro atoms. The van der Waals surface area contributed by atoms with Gasteiger partial charge in [-0.15, -0.1) is 0 Å². The van der Waals surface area contributed by atoms with E-state index in [1.807, 2.05) is 0 Å². The number of ketones is 1. The molecule has 1 aromatic heterocycles. The molecule has 152 valence electrons. The third kappa shape index (κ3) is 3.20. The highest BCUT2D eigenvalue weighted by Crippen LogP contribution is 2.56. The highest BCUT2D eigenvalue weighted by Gasteiger charge is 2.64. The molecule has 1 fully saturated rings. The van der Waals surface area contributed by atoms with Crippen LogP contribution >= 0.6 is 0 Å². The first-order valence-corrected chi connectivity index (χ1v) is 9.01. The number of rotatable bonds is 5. The van der Waals surface area contributed by atoms with Crippen LogP contribution in [0.4, 0.5) is 13.2 Å². The van der Waals surface area contributed by atoms with Gasteiger partial charge in [0.25, 0.3) is 12.4 Å². The molecule has 1 aliphatic heterocycles. The van der Waals surface area contributed by atoms with Crippen molar-refractivity contribution >= 4 is 11.8 Å². The highest BCUT2D eigenvalue weighted by atomic mass is 19.3. The maximum atomic E-state index is 14.6. The summed E-state index contributed by atoms with van der Waals surface area (Å²) in [6, 6.07) is 5.94. The third-order valence-electron chi connectivity index (χ3n) is 5.43. The monoisotopic (exact) mass is 405 g/mol. The van der Waals surface area contributed by atoms with Crippen LogP contribution in [0, 0.1) is 11.7 Å². The van der Waals surface area contributed by atoms with Crippen molar-refractivity contribution < 1.29 is 22.7 Å². The Hall–Kier alpha value is -3.10. The number of pyridine rings is 1. The van der Waals surface area contributed by atoms with Crippen LogP contribution in [0.5, 0.6) is 0 Å². The maximum Gasteiger partial charge on any atom is 0.283 e. The lowest BCUT2D eigenvalue weighted by molar-refractivity contribution is 0.0176. The summed E-state index contributed by atoms with van der Waals surface area (Å²) >= 11 is 0. The molecule has 0 radical (unpaired) electrons. The lowest BCUT2D eigenvalue weighted by Crippen LogP contribution is -2.43. The van der Waals surface area contributed by atoms with Gasteiger partial charge in [0.2, 0.25) is 5.56 Å². The van der Waals surface area contributed by atoms with Crippen LogP contribution in [0.3, 0.4) is 0 Å². The summed E-state index contributed by atoms with van der Waals surface area (Å²) in [6.07, 6.45) is -1.96. The van der Waals surface area contributed by atoms with Crippen molar-refractivity contribution in [1.82, 2.24) is 4.57 Å². The van der Waals surface area contributed by atoms with Gasteiger partial charge in [-0.25, -0.2) is 18.2 Å². The molecule has 0 bridgehead atoms. The number of carbonyl (C=O) groups excluding carboxylic acids is 1. The number of nitrogens with zero attached hydrogens (tertiary/aromatic N) is 2. The van der Waals surface area contributed by atoms with E-state index < -0.39 is 35.8 Å². The second kappa shape index (κ2) is 6.75. The van der Waals surface area contributed by atoms with E-state index in [-0.39, 0.29) is 28.9 Å². The molecule has 1 saturated carbocycles. The standard InChI is InChI=1S/C20H18F3N3O3/c1-26-9-11(3-5-17(26)28)15(27)7-10-2-4-14(21)12(6-10)20(18(22)23)13-8-16(13)29-19(24)25-20/h2-6,9,13,16,18H,7-8H2,1H3,(H2,24,25)/t13-,16+,20+/m0/s1. The fourth-order valence-corrected chi connectivity index (χ4v) is 3.84. The number of fused-ring (bicyclic) bond motifs is 1. The van der Waals surface area contributed by atoms with Crippen LogP contribution < -0.4 is 11.3 Å². The van der Waals surface area contributed by atoms with Crippen LogP contribution in [-0.4, -0.2) is 28.9 Å². The van der Waals surface area contributed by atoms with E-state index in [9.17, 15) is 22.8 Å². The molecule has 0 unspecified atom stereocenters. The van der Waals surface area contributed by atoms with E-state index in [0.29, 0.717) is 12.0 Å². The van der Waals surface area contributed by atoms with Crippen LogP contribution in [0.1, 0.15) is 27.9 Å². The minimum atomic E-state index is -3.00. The minimum Gasteiger partial charge on any atom is -0.462 e. The van der Waals surface area contributed by atoms with Gasteiger partial charge in [0, 0.05) is 42.8 Å². The molecule has 0 saturated heterocycles. The number of hydrogen-bond acceptors (Lipinski definition) is 5. The zero-order valence-electron chi connectivity index (χ0n) is 15.4. The molecule has 3 atom stereocenters. The average Bonchev–Trinajstić information content (AvgIpc) is 3.44. The molecule has 9 heteroatoms. The van der Waals surface area contributed by atoms with E-state index in [0.717, 1.165) is 6.07 Å². The number of benzene rings is 1. The van der Waals surface area contributed by atoms with Crippen molar-refractivity contribution in [2.45, 2.75) is 30.9 Å². The number of ether oxygens (including phenoxy) is 1. The van der Waals surface area contributed by atoms with E-state index in [1.54, 1.807) is 0 Å². The van der Waals surface area contributed by atoms with Gasteiger partial charge in [0.05, 0.1) is 0 Å². The topological polar surface area (TPSA) is 86.7 Å². The number of aryl methyl sites for hydroxylation is 1. The minimum absolute atomic E-state index is 0.144. The quantitative estimate of drug-likeness (QED) is 0.773. The molecule has 6 nitrogen and oxygen atoms in total. The molecular weight excluding hydrogens is 387 g/mol. The van der Waals surface area contributed by atoms with Gasteiger partial charge in [-0.05, 0) is 30.2 Å². The number of aliphatic imine (C=N–C) groups is 1. The molecule has 1 aromatic carbocycles. The second-order valence-electron chi connectivity index (χ2n) is 7.36. The molecule has 1 aliphatic carbocycles. The van der Waals surface area contributed by atoms with Gasteiger partial charge < -0.3 is 15.0 Å². The normalized spacial score (nSPS) is 25.2. The van der Waals surface area contributed by atoms with Gasteiger partial charge in [-0.3, -0.25) is 9.59 Å². The first-order chi connectivity index (χ1) is 13.7. The lowest BCUT2D eigenvalue weighted by Gasteiger charge is -2.33. The number of aromatic nitrogens is 1. The molecule has 0 amide bonds. The summed E-state index contributed by atoms with van der Waals surface area (Å²) < 4.78 is 49.4. The van der Waals surface area contributed by atoms with Crippen LogP contribution in [0.25, 0.3) is 0 Å². The van der Waals surface area contributed by atoms with Gasteiger partial charge in [-0.2, -0.15) is 0 Å². The average molecular weight is 405 g/mol. The van der Waals surface area contributed by atoms with Crippen molar-refractivity contribution in [1.29, 1.82) is 0 Å². The molecule has 4 rings (SSSR count). The number of halogens is 3. The van der Waals surface area contributed by atoms with E-state index in [1.165, 1.54) is 42.1 Å². The second-order valence-corrected chi connectivity index (χ2v) is 7.36. The molecule has 29 heavy (non-hydrogen) atoms. The van der Waals surface area contributed by atoms with Gasteiger partial charge in [0.15, 0.2) is 11.3 Å². The van der Waals surface area contributed by atoms with E-state index in [4.69, 9.17) is 10.5 Å². The fraction of sp³-hybridized carbons (Fsp3) is 0.350. The number of Topliss-reactive ketones (excluding diaryl/α,β-unsaturated/α-hetero) is 1. The number of nitrogens with two attached hydrogens (primary N) is 1. The lowest BCUT2D eigenvalue weighted by atomic mass is 9.83. The number of amidine groups is 1. The number of alkyl halides is 2. The fourth-order valence-electron chi connectivity index (χ4n) is 3.84. The molecule has 2 aliphatic rings. The largest absolute Gasteiger partial charge is 0.462 e.